The van der Waals surface area contributed by atoms with Crippen molar-refractivity contribution in [3.8, 4) is 5.88 Å². The van der Waals surface area contributed by atoms with E-state index in [-0.39, 0.29) is 44.3 Å². The zero-order valence-electron chi connectivity index (χ0n) is 16.4. The fourth-order valence-corrected chi connectivity index (χ4v) is 4.45. The standard InChI is InChI=1S/C15H26N2O9P2/c1-5-23-27(19,24-6-2)11-21-14-10-16-13(9-17-14)15(18)22-12-28(20,25-7-3)26-8-4/h9-10H,5-8,11-12H2,1-4H3. The molecule has 0 aliphatic heterocycles. The van der Waals surface area contributed by atoms with Gasteiger partial charge in [-0.15, -0.1) is 0 Å². The molecule has 0 saturated carbocycles. The van der Waals surface area contributed by atoms with Gasteiger partial charge in [-0.3, -0.25) is 9.13 Å². The lowest BCUT2D eigenvalue weighted by molar-refractivity contribution is 0.0525. The van der Waals surface area contributed by atoms with Gasteiger partial charge in [-0.05, 0) is 27.7 Å². The molecule has 0 atom stereocenters. The first-order valence-electron chi connectivity index (χ1n) is 8.69. The highest BCUT2D eigenvalue weighted by Crippen LogP contribution is 2.48. The highest BCUT2D eigenvalue weighted by Gasteiger charge is 2.27. The van der Waals surface area contributed by atoms with E-state index in [0.29, 0.717) is 0 Å². The summed E-state index contributed by atoms with van der Waals surface area (Å²) in [6.07, 6.45) is 1.37. The van der Waals surface area contributed by atoms with E-state index in [1.165, 1.54) is 0 Å². The zero-order chi connectivity index (χ0) is 21.0. The van der Waals surface area contributed by atoms with Crippen molar-refractivity contribution in [2.24, 2.45) is 0 Å². The van der Waals surface area contributed by atoms with Crippen molar-refractivity contribution in [1.82, 2.24) is 9.97 Å². The molecule has 0 fully saturated rings. The minimum absolute atomic E-state index is 0.0190. The lowest BCUT2D eigenvalue weighted by atomic mass is 10.4. The molecule has 0 saturated heterocycles. The molecule has 0 aromatic carbocycles. The van der Waals surface area contributed by atoms with Crippen LogP contribution in [-0.2, 0) is 32.0 Å². The van der Waals surface area contributed by atoms with Crippen LogP contribution in [0.15, 0.2) is 12.4 Å². The number of hydrogen-bond acceptors (Lipinski definition) is 11. The fraction of sp³-hybridized carbons (Fsp3) is 0.667. The van der Waals surface area contributed by atoms with Crippen molar-refractivity contribution in [2.75, 3.05) is 39.1 Å². The van der Waals surface area contributed by atoms with Gasteiger partial charge in [0.05, 0.1) is 38.8 Å². The number of rotatable bonds is 14. The van der Waals surface area contributed by atoms with E-state index in [2.05, 4.69) is 9.97 Å². The number of hydrogen-bond donors (Lipinski definition) is 0. The normalized spacial score (nSPS) is 12.0. The van der Waals surface area contributed by atoms with Gasteiger partial charge in [0.2, 0.25) is 5.88 Å². The smallest absolute Gasteiger partial charge is 0.367 e. The number of esters is 1. The molecular formula is C15H26N2O9P2. The molecule has 0 aliphatic rings. The van der Waals surface area contributed by atoms with Crippen LogP contribution >= 0.6 is 15.2 Å². The predicted molar refractivity (Wildman–Crippen MR) is 99.5 cm³/mol. The number of nitrogens with zero attached hydrogens (tertiary/aromatic N) is 2. The van der Waals surface area contributed by atoms with Crippen LogP contribution in [0.2, 0.25) is 0 Å². The van der Waals surface area contributed by atoms with Crippen molar-refractivity contribution in [3.63, 3.8) is 0 Å². The van der Waals surface area contributed by atoms with Gasteiger partial charge >= 0.3 is 21.2 Å². The highest BCUT2D eigenvalue weighted by molar-refractivity contribution is 7.53. The van der Waals surface area contributed by atoms with E-state index in [0.717, 1.165) is 12.4 Å². The van der Waals surface area contributed by atoms with Gasteiger partial charge in [-0.1, -0.05) is 0 Å². The Hall–Kier alpha value is -1.35. The Balaban J connectivity index is 2.65. The maximum absolute atomic E-state index is 12.3. The zero-order valence-corrected chi connectivity index (χ0v) is 18.1. The van der Waals surface area contributed by atoms with Crippen LogP contribution in [-0.4, -0.2) is 55.1 Å². The average molecular weight is 440 g/mol. The van der Waals surface area contributed by atoms with Crippen LogP contribution in [0.4, 0.5) is 0 Å². The molecule has 0 unspecified atom stereocenters. The van der Waals surface area contributed by atoms with Crippen molar-refractivity contribution in [3.05, 3.63) is 18.1 Å². The molecular weight excluding hydrogens is 414 g/mol. The predicted octanol–water partition coefficient (Wildman–Crippen LogP) is 3.46. The van der Waals surface area contributed by atoms with E-state index in [1.54, 1.807) is 27.7 Å². The Morgan fingerprint density at radius 3 is 1.75 bits per heavy atom. The Morgan fingerprint density at radius 1 is 0.821 bits per heavy atom. The first-order valence-corrected chi connectivity index (χ1v) is 12.1. The van der Waals surface area contributed by atoms with Gasteiger partial charge in [-0.2, -0.15) is 0 Å². The molecule has 0 radical (unpaired) electrons. The molecule has 0 bridgehead atoms. The first-order chi connectivity index (χ1) is 13.3. The largest absolute Gasteiger partial charge is 0.464 e. The Labute approximate surface area is 164 Å². The second-order valence-electron chi connectivity index (χ2n) is 4.97. The van der Waals surface area contributed by atoms with E-state index in [1.807, 2.05) is 0 Å². The topological polar surface area (TPSA) is 132 Å². The molecule has 0 aliphatic carbocycles. The van der Waals surface area contributed by atoms with Gasteiger partial charge in [0.15, 0.2) is 18.4 Å². The Kier molecular flexibility index (Phi) is 10.8. The minimum atomic E-state index is -3.52. The van der Waals surface area contributed by atoms with E-state index in [9.17, 15) is 13.9 Å². The molecule has 1 aromatic heterocycles. The number of ether oxygens (including phenoxy) is 2. The minimum Gasteiger partial charge on any atom is -0.464 e. The number of aromatic nitrogens is 2. The van der Waals surface area contributed by atoms with Crippen molar-refractivity contribution < 1.29 is 41.5 Å². The average Bonchev–Trinajstić information content (AvgIpc) is 2.66. The fourth-order valence-electron chi connectivity index (χ4n) is 1.86. The summed E-state index contributed by atoms with van der Waals surface area (Å²) in [5.41, 5.74) is -0.135. The van der Waals surface area contributed by atoms with Crippen LogP contribution in [0.5, 0.6) is 5.88 Å². The molecule has 28 heavy (non-hydrogen) atoms. The maximum Gasteiger partial charge on any atom is 0.367 e. The quantitative estimate of drug-likeness (QED) is 0.311. The number of carbonyl (C=O) groups excluding carboxylic acids is 1. The van der Waals surface area contributed by atoms with Gasteiger partial charge in [0.25, 0.3) is 0 Å². The molecule has 160 valence electrons. The summed E-state index contributed by atoms with van der Waals surface area (Å²) in [6, 6.07) is 0. The SMILES string of the molecule is CCOP(=O)(COC(=O)c1cnc(OCP(=O)(OCC)OCC)cn1)OCC. The Morgan fingerprint density at radius 2 is 1.32 bits per heavy atom. The molecule has 0 N–H and O–H groups in total. The molecule has 1 heterocycles. The number of carbonyl (C=O) groups is 1. The van der Waals surface area contributed by atoms with Gasteiger partial charge in [0, 0.05) is 0 Å². The van der Waals surface area contributed by atoms with Crippen LogP contribution in [0.25, 0.3) is 0 Å². The van der Waals surface area contributed by atoms with E-state index < -0.39 is 27.5 Å². The summed E-state index contributed by atoms with van der Waals surface area (Å²) in [7, 11) is -6.92. The second-order valence-corrected chi connectivity index (χ2v) is 8.96. The third-order valence-corrected chi connectivity index (χ3v) is 6.36. The molecule has 0 spiro atoms. The maximum atomic E-state index is 12.3. The molecule has 1 aromatic rings. The lowest BCUT2D eigenvalue weighted by Crippen LogP contribution is -2.12. The molecule has 11 nitrogen and oxygen atoms in total. The first kappa shape index (κ1) is 24.7. The lowest BCUT2D eigenvalue weighted by Gasteiger charge is -2.17. The van der Waals surface area contributed by atoms with Crippen molar-refractivity contribution in [1.29, 1.82) is 0 Å². The monoisotopic (exact) mass is 440 g/mol. The summed E-state index contributed by atoms with van der Waals surface area (Å²) in [4.78, 5) is 19.8. The van der Waals surface area contributed by atoms with Crippen LogP contribution in [0.1, 0.15) is 38.2 Å². The van der Waals surface area contributed by atoms with Crippen LogP contribution in [0, 0.1) is 0 Å². The third-order valence-electron chi connectivity index (χ3n) is 2.86. The van der Waals surface area contributed by atoms with E-state index in [4.69, 9.17) is 27.6 Å². The third kappa shape index (κ3) is 8.34. The Bertz CT molecular complexity index is 679. The summed E-state index contributed by atoms with van der Waals surface area (Å²) in [6.45, 7) is 7.35. The second kappa shape index (κ2) is 12.3. The highest BCUT2D eigenvalue weighted by atomic mass is 31.2. The van der Waals surface area contributed by atoms with Crippen LogP contribution < -0.4 is 4.74 Å². The molecule has 1 rings (SSSR count). The van der Waals surface area contributed by atoms with Gasteiger partial charge < -0.3 is 27.6 Å². The summed E-state index contributed by atoms with van der Waals surface area (Å²) < 4.78 is 55.0. The van der Waals surface area contributed by atoms with Crippen molar-refractivity contribution >= 4 is 21.2 Å². The summed E-state index contributed by atoms with van der Waals surface area (Å²) in [5.74, 6) is -0.835. The van der Waals surface area contributed by atoms with Crippen molar-refractivity contribution in [2.45, 2.75) is 27.7 Å². The summed E-state index contributed by atoms with van der Waals surface area (Å²) in [5, 5.41) is 0. The molecule has 0 amide bonds. The molecule has 13 heteroatoms. The van der Waals surface area contributed by atoms with Gasteiger partial charge in [-0.25, -0.2) is 14.8 Å². The van der Waals surface area contributed by atoms with E-state index >= 15 is 0 Å². The van der Waals surface area contributed by atoms with Gasteiger partial charge in [0.1, 0.15) is 0 Å². The summed E-state index contributed by atoms with van der Waals surface area (Å²) >= 11 is 0. The van der Waals surface area contributed by atoms with Crippen LogP contribution in [0.3, 0.4) is 0 Å².